The number of nitrogens with zero attached hydrogens (tertiary/aromatic N) is 5. The van der Waals surface area contributed by atoms with Crippen LogP contribution < -0.4 is 0 Å². The molecule has 0 radical (unpaired) electrons. The van der Waals surface area contributed by atoms with E-state index >= 15 is 0 Å². The standard InChI is InChI=1S/C16H12ClF2N5/c1-8(12-7-20-14-4-3-13(17)22-24(12)14)15-10(18)5-11-9(16(15)19)6-21-23(11)2/h3-8H,1-2H3/t8-/m0/s1. The molecule has 0 saturated carbocycles. The number of aromatic nitrogens is 5. The first kappa shape index (κ1) is 15.0. The Hall–Kier alpha value is -2.54. The fraction of sp³-hybridized carbons (Fsp3) is 0.188. The van der Waals surface area contributed by atoms with Gasteiger partial charge in [0.25, 0.3) is 0 Å². The number of imidazole rings is 1. The van der Waals surface area contributed by atoms with Crippen molar-refractivity contribution in [1.82, 2.24) is 24.4 Å². The molecule has 24 heavy (non-hydrogen) atoms. The number of hydrogen-bond acceptors (Lipinski definition) is 3. The summed E-state index contributed by atoms with van der Waals surface area (Å²) >= 11 is 5.92. The lowest BCUT2D eigenvalue weighted by Crippen LogP contribution is -2.08. The lowest BCUT2D eigenvalue weighted by atomic mass is 9.95. The fourth-order valence-electron chi connectivity index (χ4n) is 2.94. The average molecular weight is 348 g/mol. The summed E-state index contributed by atoms with van der Waals surface area (Å²) in [5.41, 5.74) is 1.47. The number of halogens is 3. The van der Waals surface area contributed by atoms with Crippen molar-refractivity contribution in [1.29, 1.82) is 0 Å². The van der Waals surface area contributed by atoms with Gasteiger partial charge in [-0.2, -0.15) is 10.2 Å². The summed E-state index contributed by atoms with van der Waals surface area (Å²) in [7, 11) is 1.64. The van der Waals surface area contributed by atoms with E-state index in [4.69, 9.17) is 11.6 Å². The molecule has 1 atom stereocenters. The maximum atomic E-state index is 14.9. The first-order chi connectivity index (χ1) is 11.5. The van der Waals surface area contributed by atoms with E-state index in [1.165, 1.54) is 21.5 Å². The minimum absolute atomic E-state index is 0.0425. The van der Waals surface area contributed by atoms with Crippen molar-refractivity contribution < 1.29 is 8.78 Å². The van der Waals surface area contributed by atoms with Crippen LogP contribution in [0.3, 0.4) is 0 Å². The molecule has 1 aromatic carbocycles. The molecule has 0 aliphatic heterocycles. The third-order valence-corrected chi connectivity index (χ3v) is 4.41. The largest absolute Gasteiger partial charge is 0.268 e. The van der Waals surface area contributed by atoms with Crippen molar-refractivity contribution >= 4 is 28.2 Å². The van der Waals surface area contributed by atoms with E-state index in [1.54, 1.807) is 32.3 Å². The van der Waals surface area contributed by atoms with Gasteiger partial charge in [-0.1, -0.05) is 18.5 Å². The average Bonchev–Trinajstić information content (AvgIpc) is 3.11. The zero-order valence-electron chi connectivity index (χ0n) is 12.8. The van der Waals surface area contributed by atoms with Crippen molar-refractivity contribution in [3.8, 4) is 0 Å². The van der Waals surface area contributed by atoms with E-state index < -0.39 is 17.6 Å². The molecule has 0 bridgehead atoms. The minimum atomic E-state index is -0.631. The smallest absolute Gasteiger partial charge is 0.153 e. The summed E-state index contributed by atoms with van der Waals surface area (Å²) in [6.45, 7) is 1.70. The summed E-state index contributed by atoms with van der Waals surface area (Å²) in [6, 6.07) is 4.60. The van der Waals surface area contributed by atoms with Crippen LogP contribution in [0, 0.1) is 11.6 Å². The van der Waals surface area contributed by atoms with Crippen LogP contribution in [0.15, 0.2) is 30.6 Å². The third-order valence-electron chi connectivity index (χ3n) is 4.21. The molecule has 0 fully saturated rings. The number of fused-ring (bicyclic) bond motifs is 2. The molecule has 122 valence electrons. The molecule has 3 heterocycles. The predicted octanol–water partition coefficient (Wildman–Crippen LogP) is 3.70. The van der Waals surface area contributed by atoms with Crippen LogP contribution in [0.2, 0.25) is 5.15 Å². The number of aryl methyl sites for hydroxylation is 1. The van der Waals surface area contributed by atoms with Crippen molar-refractivity contribution in [3.05, 3.63) is 58.6 Å². The quantitative estimate of drug-likeness (QED) is 0.555. The molecule has 0 saturated heterocycles. The van der Waals surface area contributed by atoms with Crippen LogP contribution in [0.5, 0.6) is 0 Å². The molecule has 0 unspecified atom stereocenters. The van der Waals surface area contributed by atoms with Gasteiger partial charge in [-0.05, 0) is 12.1 Å². The molecule has 0 spiro atoms. The Morgan fingerprint density at radius 1 is 1.21 bits per heavy atom. The van der Waals surface area contributed by atoms with Crippen LogP contribution in [0.25, 0.3) is 16.6 Å². The summed E-state index contributed by atoms with van der Waals surface area (Å²) in [5, 5.41) is 8.71. The molecule has 8 heteroatoms. The normalized spacial score (nSPS) is 13.0. The van der Waals surface area contributed by atoms with Crippen LogP contribution >= 0.6 is 11.6 Å². The molecular weight excluding hydrogens is 336 g/mol. The Kier molecular flexibility index (Phi) is 3.28. The summed E-state index contributed by atoms with van der Waals surface area (Å²) in [6.07, 6.45) is 2.94. The fourth-order valence-corrected chi connectivity index (χ4v) is 3.08. The van der Waals surface area contributed by atoms with Gasteiger partial charge in [-0.15, -0.1) is 0 Å². The molecule has 4 rings (SSSR count). The monoisotopic (exact) mass is 347 g/mol. The topological polar surface area (TPSA) is 48.0 Å². The van der Waals surface area contributed by atoms with Crippen LogP contribution in [-0.2, 0) is 7.05 Å². The van der Waals surface area contributed by atoms with Gasteiger partial charge >= 0.3 is 0 Å². The molecule has 3 aromatic heterocycles. The summed E-state index contributed by atoms with van der Waals surface area (Å²) in [5.74, 6) is -1.86. The third kappa shape index (κ3) is 2.08. The predicted molar refractivity (Wildman–Crippen MR) is 86.1 cm³/mol. The maximum absolute atomic E-state index is 14.9. The van der Waals surface area contributed by atoms with E-state index in [-0.39, 0.29) is 16.1 Å². The highest BCUT2D eigenvalue weighted by Crippen LogP contribution is 2.33. The van der Waals surface area contributed by atoms with Crippen molar-refractivity contribution in [2.75, 3.05) is 0 Å². The SMILES string of the molecule is C[C@H](c1c(F)cc2c(cnn2C)c1F)c1cnc2ccc(Cl)nn12. The molecule has 0 aliphatic rings. The highest BCUT2D eigenvalue weighted by atomic mass is 35.5. The van der Waals surface area contributed by atoms with Gasteiger partial charge in [0.05, 0.1) is 29.0 Å². The van der Waals surface area contributed by atoms with Crippen molar-refractivity contribution in [3.63, 3.8) is 0 Å². The Morgan fingerprint density at radius 2 is 2.00 bits per heavy atom. The molecule has 0 amide bonds. The second kappa shape index (κ2) is 5.24. The van der Waals surface area contributed by atoms with E-state index in [1.807, 2.05) is 0 Å². The van der Waals surface area contributed by atoms with Gasteiger partial charge in [-0.25, -0.2) is 18.3 Å². The first-order valence-electron chi connectivity index (χ1n) is 7.27. The zero-order chi connectivity index (χ0) is 17.0. The highest BCUT2D eigenvalue weighted by Gasteiger charge is 2.24. The van der Waals surface area contributed by atoms with Crippen LogP contribution in [0.4, 0.5) is 8.78 Å². The maximum Gasteiger partial charge on any atom is 0.153 e. The van der Waals surface area contributed by atoms with E-state index in [0.717, 1.165) is 0 Å². The Labute approximate surface area is 140 Å². The second-order valence-corrected chi connectivity index (χ2v) is 6.01. The second-order valence-electron chi connectivity index (χ2n) is 5.62. The number of benzene rings is 1. The number of rotatable bonds is 2. The zero-order valence-corrected chi connectivity index (χ0v) is 13.6. The van der Waals surface area contributed by atoms with Gasteiger partial charge in [0.2, 0.25) is 0 Å². The van der Waals surface area contributed by atoms with Gasteiger partial charge in [0, 0.05) is 24.6 Å². The van der Waals surface area contributed by atoms with Gasteiger partial charge in [0.15, 0.2) is 5.65 Å². The van der Waals surface area contributed by atoms with Gasteiger partial charge < -0.3 is 0 Å². The Morgan fingerprint density at radius 3 is 2.79 bits per heavy atom. The van der Waals surface area contributed by atoms with E-state index in [9.17, 15) is 8.78 Å². The Balaban J connectivity index is 1.94. The van der Waals surface area contributed by atoms with Gasteiger partial charge in [0.1, 0.15) is 16.8 Å². The van der Waals surface area contributed by atoms with Crippen LogP contribution in [-0.4, -0.2) is 24.4 Å². The van der Waals surface area contributed by atoms with E-state index in [0.29, 0.717) is 16.9 Å². The highest BCUT2D eigenvalue weighted by molar-refractivity contribution is 6.29. The number of hydrogen-bond donors (Lipinski definition) is 0. The Bertz CT molecular complexity index is 1090. The van der Waals surface area contributed by atoms with Crippen LogP contribution in [0.1, 0.15) is 24.1 Å². The first-order valence-corrected chi connectivity index (χ1v) is 7.65. The van der Waals surface area contributed by atoms with Crippen molar-refractivity contribution in [2.24, 2.45) is 7.05 Å². The molecule has 0 aliphatic carbocycles. The molecule has 5 nitrogen and oxygen atoms in total. The van der Waals surface area contributed by atoms with E-state index in [2.05, 4.69) is 15.2 Å². The summed E-state index contributed by atoms with van der Waals surface area (Å²) in [4.78, 5) is 4.21. The lowest BCUT2D eigenvalue weighted by molar-refractivity contribution is 0.550. The molecule has 0 N–H and O–H groups in total. The van der Waals surface area contributed by atoms with Gasteiger partial charge in [-0.3, -0.25) is 4.68 Å². The summed E-state index contributed by atoms with van der Waals surface area (Å²) < 4.78 is 32.4. The molecular formula is C16H12ClF2N5. The minimum Gasteiger partial charge on any atom is -0.268 e. The molecule has 4 aromatic rings. The lowest BCUT2D eigenvalue weighted by Gasteiger charge is -2.14. The van der Waals surface area contributed by atoms with Crippen molar-refractivity contribution in [2.45, 2.75) is 12.8 Å².